The second kappa shape index (κ2) is 7.54. The van der Waals surface area contributed by atoms with Crippen LogP contribution in [0.15, 0.2) is 0 Å². The molecule has 0 aliphatic heterocycles. The molecule has 0 aliphatic carbocycles. The number of carbonyl (C=O) groups is 1. The monoisotopic (exact) mass is 153 g/mol. The minimum atomic E-state index is -1.15. The Morgan fingerprint density at radius 3 is 2.50 bits per heavy atom. The molecule has 0 saturated carbocycles. The van der Waals surface area contributed by atoms with Crippen LogP contribution < -0.4 is 40.4 Å². The molecule has 54 valence electrons. The maximum Gasteiger partial charge on any atom is 1.00 e. The normalized spacial score (nSPS) is 11.8. The number of unbranched alkanes of at least 4 members (excludes halogenated alkanes) is 1. The van der Waals surface area contributed by atoms with E-state index in [0.29, 0.717) is 6.42 Å². The summed E-state index contributed by atoms with van der Waals surface area (Å²) in [6.07, 6.45) is 2.36. The first kappa shape index (κ1) is 13.1. The zero-order chi connectivity index (χ0) is 7.28. The number of carboxylic acids is 1. The van der Waals surface area contributed by atoms with Crippen LogP contribution >= 0.6 is 0 Å². The van der Waals surface area contributed by atoms with Crippen molar-refractivity contribution in [1.82, 2.24) is 0 Å². The average molecular weight is 153 g/mol. The van der Waals surface area contributed by atoms with Gasteiger partial charge in [0.2, 0.25) is 0 Å². The van der Waals surface area contributed by atoms with Gasteiger partial charge < -0.3 is 15.6 Å². The molecule has 0 heterocycles. The van der Waals surface area contributed by atoms with Gasteiger partial charge in [-0.25, -0.2) is 0 Å². The SMILES string of the molecule is CCCC[C@@H](N)C(=O)[O-].[Na+]. The van der Waals surface area contributed by atoms with Gasteiger partial charge in [0.15, 0.2) is 0 Å². The predicted molar refractivity (Wildman–Crippen MR) is 32.5 cm³/mol. The Morgan fingerprint density at radius 2 is 2.20 bits per heavy atom. The third kappa shape index (κ3) is 6.55. The van der Waals surface area contributed by atoms with Crippen LogP contribution in [0.5, 0.6) is 0 Å². The molecule has 0 rings (SSSR count). The Labute approximate surface area is 83.3 Å². The van der Waals surface area contributed by atoms with Crippen LogP contribution in [0.4, 0.5) is 0 Å². The summed E-state index contributed by atoms with van der Waals surface area (Å²) in [6.45, 7) is 1.99. The quantitative estimate of drug-likeness (QED) is 0.422. The Hall–Kier alpha value is 0.430. The first-order chi connectivity index (χ1) is 4.18. The van der Waals surface area contributed by atoms with Crippen LogP contribution in [0.3, 0.4) is 0 Å². The van der Waals surface area contributed by atoms with Crippen molar-refractivity contribution in [2.45, 2.75) is 32.2 Å². The van der Waals surface area contributed by atoms with Crippen molar-refractivity contribution in [2.24, 2.45) is 5.73 Å². The fraction of sp³-hybridized carbons (Fsp3) is 0.833. The molecule has 0 aromatic rings. The summed E-state index contributed by atoms with van der Waals surface area (Å²) >= 11 is 0. The zero-order valence-electron chi connectivity index (χ0n) is 6.59. The van der Waals surface area contributed by atoms with Crippen molar-refractivity contribution >= 4 is 5.97 Å². The maximum atomic E-state index is 9.97. The molecule has 3 nitrogen and oxygen atoms in total. The number of carbonyl (C=O) groups excluding carboxylic acids is 1. The first-order valence-electron chi connectivity index (χ1n) is 3.15. The van der Waals surface area contributed by atoms with Crippen LogP contribution in [0.25, 0.3) is 0 Å². The summed E-state index contributed by atoms with van der Waals surface area (Å²) in [5.74, 6) is -1.15. The van der Waals surface area contributed by atoms with E-state index in [2.05, 4.69) is 0 Å². The van der Waals surface area contributed by atoms with Crippen molar-refractivity contribution in [3.8, 4) is 0 Å². The number of hydrogen-bond donors (Lipinski definition) is 1. The summed E-state index contributed by atoms with van der Waals surface area (Å²) in [5.41, 5.74) is 5.14. The fourth-order valence-corrected chi connectivity index (χ4v) is 0.542. The minimum absolute atomic E-state index is 0. The van der Waals surface area contributed by atoms with E-state index in [1.54, 1.807) is 0 Å². The molecule has 0 spiro atoms. The molecule has 0 bridgehead atoms. The third-order valence-corrected chi connectivity index (χ3v) is 1.17. The van der Waals surface area contributed by atoms with Gasteiger partial charge in [-0.3, -0.25) is 0 Å². The van der Waals surface area contributed by atoms with Crippen LogP contribution in [0, 0.1) is 0 Å². The zero-order valence-corrected chi connectivity index (χ0v) is 8.59. The van der Waals surface area contributed by atoms with E-state index in [9.17, 15) is 9.90 Å². The molecular weight excluding hydrogens is 141 g/mol. The molecule has 0 aliphatic rings. The van der Waals surface area contributed by atoms with Gasteiger partial charge in [0.05, 0.1) is 5.97 Å². The average Bonchev–Trinajstić information content (AvgIpc) is 1.82. The maximum absolute atomic E-state index is 9.97. The van der Waals surface area contributed by atoms with E-state index in [1.165, 1.54) is 0 Å². The van der Waals surface area contributed by atoms with Crippen molar-refractivity contribution in [2.75, 3.05) is 0 Å². The van der Waals surface area contributed by atoms with Crippen molar-refractivity contribution in [1.29, 1.82) is 0 Å². The Kier molecular flexibility index (Phi) is 9.84. The molecular formula is C6H12NNaO2. The van der Waals surface area contributed by atoms with Crippen molar-refractivity contribution < 1.29 is 39.5 Å². The van der Waals surface area contributed by atoms with E-state index >= 15 is 0 Å². The molecule has 0 aromatic heterocycles. The van der Waals surface area contributed by atoms with E-state index < -0.39 is 12.0 Å². The van der Waals surface area contributed by atoms with E-state index in [-0.39, 0.29) is 29.6 Å². The van der Waals surface area contributed by atoms with Gasteiger partial charge in [-0.05, 0) is 6.42 Å². The predicted octanol–water partition coefficient (Wildman–Crippen LogP) is -3.74. The second-order valence-electron chi connectivity index (χ2n) is 2.07. The summed E-state index contributed by atoms with van der Waals surface area (Å²) in [7, 11) is 0. The Bertz CT molecular complexity index is 97.7. The Balaban J connectivity index is 0. The topological polar surface area (TPSA) is 66.2 Å². The second-order valence-corrected chi connectivity index (χ2v) is 2.07. The van der Waals surface area contributed by atoms with Gasteiger partial charge in [-0.15, -0.1) is 0 Å². The number of aliphatic carboxylic acids is 1. The van der Waals surface area contributed by atoms with Gasteiger partial charge in [-0.2, -0.15) is 0 Å². The molecule has 0 radical (unpaired) electrons. The summed E-state index contributed by atoms with van der Waals surface area (Å²) in [4.78, 5) is 9.97. The first-order valence-corrected chi connectivity index (χ1v) is 3.15. The summed E-state index contributed by atoms with van der Waals surface area (Å²) < 4.78 is 0. The molecule has 0 aromatic carbocycles. The van der Waals surface area contributed by atoms with E-state index in [0.717, 1.165) is 12.8 Å². The molecule has 0 unspecified atom stereocenters. The molecule has 4 heteroatoms. The fourth-order valence-electron chi connectivity index (χ4n) is 0.542. The number of nitrogens with two attached hydrogens (primary N) is 1. The smallest absolute Gasteiger partial charge is 0.548 e. The van der Waals surface area contributed by atoms with E-state index in [4.69, 9.17) is 5.73 Å². The molecule has 0 amide bonds. The largest absolute Gasteiger partial charge is 1.00 e. The van der Waals surface area contributed by atoms with Gasteiger partial charge in [0.1, 0.15) is 0 Å². The molecule has 0 saturated heterocycles. The summed E-state index contributed by atoms with van der Waals surface area (Å²) in [6, 6.07) is -0.773. The number of carboxylic acid groups (broad SMARTS) is 1. The van der Waals surface area contributed by atoms with Gasteiger partial charge in [-0.1, -0.05) is 19.8 Å². The minimum Gasteiger partial charge on any atom is -0.548 e. The third-order valence-electron chi connectivity index (χ3n) is 1.17. The molecule has 0 fully saturated rings. The standard InChI is InChI=1S/C6H13NO2.Na/c1-2-3-4-5(7)6(8)9;/h5H,2-4,7H2,1H3,(H,8,9);/q;+1/p-1/t5-;/m1./s1. The van der Waals surface area contributed by atoms with Gasteiger partial charge in [0, 0.05) is 6.04 Å². The van der Waals surface area contributed by atoms with Gasteiger partial charge in [0.25, 0.3) is 0 Å². The van der Waals surface area contributed by atoms with Crippen LogP contribution in [-0.4, -0.2) is 12.0 Å². The number of hydrogen-bond acceptors (Lipinski definition) is 3. The van der Waals surface area contributed by atoms with Crippen molar-refractivity contribution in [3.63, 3.8) is 0 Å². The van der Waals surface area contributed by atoms with Gasteiger partial charge >= 0.3 is 29.6 Å². The molecule has 1 atom stereocenters. The van der Waals surface area contributed by atoms with Crippen LogP contribution in [-0.2, 0) is 4.79 Å². The molecule has 2 N–H and O–H groups in total. The number of rotatable bonds is 4. The van der Waals surface area contributed by atoms with E-state index in [1.807, 2.05) is 6.92 Å². The van der Waals surface area contributed by atoms with Crippen LogP contribution in [0.2, 0.25) is 0 Å². The van der Waals surface area contributed by atoms with Crippen LogP contribution in [0.1, 0.15) is 26.2 Å². The van der Waals surface area contributed by atoms with Crippen molar-refractivity contribution in [3.05, 3.63) is 0 Å². The molecule has 10 heavy (non-hydrogen) atoms. The Morgan fingerprint density at radius 1 is 1.70 bits per heavy atom. The summed E-state index contributed by atoms with van der Waals surface area (Å²) in [5, 5.41) is 9.97.